The second kappa shape index (κ2) is 11.8. The van der Waals surface area contributed by atoms with Crippen LogP contribution in [0.5, 0.6) is 0 Å². The van der Waals surface area contributed by atoms with E-state index in [1.165, 1.54) is 0 Å². The average molecular weight is 406 g/mol. The van der Waals surface area contributed by atoms with Crippen LogP contribution in [0.15, 0.2) is 24.3 Å². The largest absolute Gasteiger partial charge is 0.462 e. The van der Waals surface area contributed by atoms with E-state index < -0.39 is 0 Å². The Hall–Kier alpha value is -2.12. The molecule has 1 unspecified atom stereocenters. The zero-order valence-corrected chi connectivity index (χ0v) is 18.1. The number of likely N-dealkylation sites (N-methyl/N-ethyl adjacent to an activating group) is 1. The first-order chi connectivity index (χ1) is 13.9. The molecule has 1 amide bonds. The molecule has 0 spiro atoms. The summed E-state index contributed by atoms with van der Waals surface area (Å²) < 4.78 is 10.9. The third-order valence-corrected chi connectivity index (χ3v) is 4.81. The van der Waals surface area contributed by atoms with E-state index in [1.807, 2.05) is 17.9 Å². The molecular formula is C22H35N3O4. The number of esters is 1. The first kappa shape index (κ1) is 23.2. The Labute approximate surface area is 174 Å². The number of nitrogens with zero attached hydrogens (tertiary/aromatic N) is 2. The highest BCUT2D eigenvalue weighted by molar-refractivity contribution is 5.91. The van der Waals surface area contributed by atoms with Gasteiger partial charge in [-0.3, -0.25) is 9.69 Å². The topological polar surface area (TPSA) is 71.1 Å². The summed E-state index contributed by atoms with van der Waals surface area (Å²) in [6.45, 7) is 13.5. The molecule has 0 saturated carbocycles. The molecule has 29 heavy (non-hydrogen) atoms. The number of rotatable bonds is 10. The Kier molecular flexibility index (Phi) is 9.41. The Morgan fingerprint density at radius 1 is 1.34 bits per heavy atom. The molecule has 1 aliphatic rings. The van der Waals surface area contributed by atoms with Crippen LogP contribution in [-0.2, 0) is 14.3 Å². The number of nitrogens with one attached hydrogen (secondary N) is 1. The van der Waals surface area contributed by atoms with Gasteiger partial charge in [-0.1, -0.05) is 19.9 Å². The molecular weight excluding hydrogens is 370 g/mol. The highest BCUT2D eigenvalue weighted by Gasteiger charge is 2.22. The van der Waals surface area contributed by atoms with Crippen molar-refractivity contribution < 1.29 is 19.1 Å². The first-order valence-electron chi connectivity index (χ1n) is 10.6. The van der Waals surface area contributed by atoms with Crippen LogP contribution >= 0.6 is 0 Å². The number of benzene rings is 1. The van der Waals surface area contributed by atoms with Crippen molar-refractivity contribution >= 4 is 17.6 Å². The van der Waals surface area contributed by atoms with Crippen molar-refractivity contribution in [2.75, 3.05) is 57.4 Å². The maximum Gasteiger partial charge on any atom is 0.338 e. The van der Waals surface area contributed by atoms with E-state index >= 15 is 0 Å². The van der Waals surface area contributed by atoms with Gasteiger partial charge in [0.05, 0.1) is 31.4 Å². The molecule has 0 bridgehead atoms. The number of hydrogen-bond donors (Lipinski definition) is 1. The summed E-state index contributed by atoms with van der Waals surface area (Å²) in [6, 6.07) is 7.19. The lowest BCUT2D eigenvalue weighted by atomic mass is 10.1. The molecule has 7 heteroatoms. The predicted octanol–water partition coefficient (Wildman–Crippen LogP) is 2.16. The van der Waals surface area contributed by atoms with Gasteiger partial charge in [-0.05, 0) is 38.0 Å². The maximum atomic E-state index is 12.5. The molecule has 0 aromatic heterocycles. The average Bonchev–Trinajstić information content (AvgIpc) is 2.70. The van der Waals surface area contributed by atoms with Gasteiger partial charge in [-0.2, -0.15) is 0 Å². The van der Waals surface area contributed by atoms with Gasteiger partial charge in [0.1, 0.15) is 0 Å². The van der Waals surface area contributed by atoms with Crippen molar-refractivity contribution in [3.63, 3.8) is 0 Å². The molecule has 1 fully saturated rings. The summed E-state index contributed by atoms with van der Waals surface area (Å²) >= 11 is 0. The molecule has 2 rings (SSSR count). The SMILES string of the molecule is CCOC(=O)c1cccc(N(CC)CC(=O)NCC2CN(CC(C)C)CCO2)c1. The van der Waals surface area contributed by atoms with Gasteiger partial charge in [0.25, 0.3) is 0 Å². The molecule has 1 saturated heterocycles. The molecule has 1 aromatic rings. The lowest BCUT2D eigenvalue weighted by molar-refractivity contribution is -0.121. The van der Waals surface area contributed by atoms with E-state index in [9.17, 15) is 9.59 Å². The minimum atomic E-state index is -0.352. The lowest BCUT2D eigenvalue weighted by Crippen LogP contribution is -2.49. The van der Waals surface area contributed by atoms with Gasteiger partial charge in [-0.25, -0.2) is 4.79 Å². The second-order valence-electron chi connectivity index (χ2n) is 7.74. The Morgan fingerprint density at radius 3 is 2.83 bits per heavy atom. The number of anilines is 1. The predicted molar refractivity (Wildman–Crippen MR) is 114 cm³/mol. The van der Waals surface area contributed by atoms with Gasteiger partial charge in [0, 0.05) is 38.4 Å². The van der Waals surface area contributed by atoms with Crippen molar-refractivity contribution in [1.82, 2.24) is 10.2 Å². The molecule has 1 N–H and O–H groups in total. The fraction of sp³-hybridized carbons (Fsp3) is 0.636. The molecule has 1 aliphatic heterocycles. The van der Waals surface area contributed by atoms with Crippen LogP contribution in [0.4, 0.5) is 5.69 Å². The smallest absolute Gasteiger partial charge is 0.338 e. The summed E-state index contributed by atoms with van der Waals surface area (Å²) in [5.41, 5.74) is 1.31. The zero-order chi connectivity index (χ0) is 21.2. The highest BCUT2D eigenvalue weighted by atomic mass is 16.5. The minimum absolute atomic E-state index is 0.0219. The summed E-state index contributed by atoms with van der Waals surface area (Å²) in [5, 5.41) is 2.99. The highest BCUT2D eigenvalue weighted by Crippen LogP contribution is 2.17. The van der Waals surface area contributed by atoms with Crippen molar-refractivity contribution in [1.29, 1.82) is 0 Å². The number of ether oxygens (including phenoxy) is 2. The van der Waals surface area contributed by atoms with Gasteiger partial charge in [0.2, 0.25) is 5.91 Å². The van der Waals surface area contributed by atoms with Crippen LogP contribution in [-0.4, -0.2) is 75.4 Å². The van der Waals surface area contributed by atoms with E-state index in [-0.39, 0.29) is 24.5 Å². The van der Waals surface area contributed by atoms with Crippen molar-refractivity contribution in [2.45, 2.75) is 33.8 Å². The normalized spacial score (nSPS) is 17.2. The van der Waals surface area contributed by atoms with Crippen molar-refractivity contribution in [2.24, 2.45) is 5.92 Å². The van der Waals surface area contributed by atoms with Gasteiger partial charge in [0.15, 0.2) is 0 Å². The van der Waals surface area contributed by atoms with Crippen molar-refractivity contribution in [3.8, 4) is 0 Å². The van der Waals surface area contributed by atoms with Gasteiger partial charge < -0.3 is 19.7 Å². The maximum absolute atomic E-state index is 12.5. The fourth-order valence-electron chi connectivity index (χ4n) is 3.47. The summed E-state index contributed by atoms with van der Waals surface area (Å²) in [5.74, 6) is 0.208. The Bertz CT molecular complexity index is 665. The quantitative estimate of drug-likeness (QED) is 0.602. The van der Waals surface area contributed by atoms with Crippen LogP contribution in [0.3, 0.4) is 0 Å². The molecule has 0 radical (unpaired) electrons. The molecule has 1 heterocycles. The summed E-state index contributed by atoms with van der Waals surface area (Å²) in [6.07, 6.45) is 0.0219. The molecule has 1 aromatic carbocycles. The molecule has 162 valence electrons. The monoisotopic (exact) mass is 405 g/mol. The van der Waals surface area contributed by atoms with E-state index in [2.05, 4.69) is 24.1 Å². The number of morpholine rings is 1. The van der Waals surface area contributed by atoms with E-state index in [0.29, 0.717) is 37.8 Å². The number of hydrogen-bond acceptors (Lipinski definition) is 6. The lowest BCUT2D eigenvalue weighted by Gasteiger charge is -2.34. The molecule has 1 atom stereocenters. The minimum Gasteiger partial charge on any atom is -0.462 e. The van der Waals surface area contributed by atoms with Gasteiger partial charge in [-0.15, -0.1) is 0 Å². The third-order valence-electron chi connectivity index (χ3n) is 4.81. The Balaban J connectivity index is 1.87. The number of carbonyl (C=O) groups is 2. The van der Waals surface area contributed by atoms with Crippen molar-refractivity contribution in [3.05, 3.63) is 29.8 Å². The number of carbonyl (C=O) groups excluding carboxylic acids is 2. The Morgan fingerprint density at radius 2 is 2.14 bits per heavy atom. The van der Waals surface area contributed by atoms with E-state index in [0.717, 1.165) is 25.3 Å². The number of amides is 1. The van der Waals surface area contributed by atoms with Gasteiger partial charge >= 0.3 is 5.97 Å². The molecule has 0 aliphatic carbocycles. The van der Waals surface area contributed by atoms with E-state index in [1.54, 1.807) is 25.1 Å². The molecule has 7 nitrogen and oxygen atoms in total. The van der Waals surface area contributed by atoms with E-state index in [4.69, 9.17) is 9.47 Å². The fourth-order valence-corrected chi connectivity index (χ4v) is 3.47. The standard InChI is InChI=1S/C22H35N3O4/c1-5-25(19-9-7-8-18(12-19)22(27)28-6-2)16-21(26)23-13-20-15-24(10-11-29-20)14-17(3)4/h7-9,12,17,20H,5-6,10-11,13-16H2,1-4H3,(H,23,26). The van der Waals surface area contributed by atoms with Crippen LogP contribution in [0.2, 0.25) is 0 Å². The van der Waals surface area contributed by atoms with Crippen LogP contribution in [0, 0.1) is 5.92 Å². The second-order valence-corrected chi connectivity index (χ2v) is 7.74. The first-order valence-corrected chi connectivity index (χ1v) is 10.6. The zero-order valence-electron chi connectivity index (χ0n) is 18.1. The summed E-state index contributed by atoms with van der Waals surface area (Å²) in [7, 11) is 0. The van der Waals surface area contributed by atoms with Crippen LogP contribution in [0.25, 0.3) is 0 Å². The summed E-state index contributed by atoms with van der Waals surface area (Å²) in [4.78, 5) is 28.8. The third kappa shape index (κ3) is 7.66. The van der Waals surface area contributed by atoms with Crippen LogP contribution < -0.4 is 10.2 Å². The van der Waals surface area contributed by atoms with Crippen LogP contribution in [0.1, 0.15) is 38.1 Å².